The van der Waals surface area contributed by atoms with Gasteiger partial charge in [0.1, 0.15) is 17.6 Å². The molecule has 4 rings (SSSR count). The number of aromatic nitrogens is 1. The Morgan fingerprint density at radius 2 is 1.81 bits per heavy atom. The summed E-state index contributed by atoms with van der Waals surface area (Å²) in [5, 5.41) is 23.6. The molecule has 0 bridgehead atoms. The van der Waals surface area contributed by atoms with Gasteiger partial charge in [0.05, 0.1) is 6.54 Å². The number of rotatable bonds is 5. The molecule has 0 saturated heterocycles. The molecule has 0 radical (unpaired) electrons. The van der Waals surface area contributed by atoms with Crippen LogP contribution in [0.5, 0.6) is 5.75 Å². The molecule has 1 aliphatic carbocycles. The van der Waals surface area contributed by atoms with Gasteiger partial charge in [0.15, 0.2) is 11.4 Å². The smallest absolute Gasteiger partial charge is 0.276 e. The normalized spacial score (nSPS) is 19.0. The van der Waals surface area contributed by atoms with Crippen molar-refractivity contribution in [3.63, 3.8) is 0 Å². The number of amides is 2. The highest BCUT2D eigenvalue weighted by Crippen LogP contribution is 2.28. The standard InChI is InChI=1S/C23H26FN3O5/c24-16-8-6-14(7-9-16)10-25-22(31)17-12-26-13-18(28)27(11-15-4-2-1-3-5-15)23(32)19(26)21(30)20(17)29/h6-9,12,15,18,28,30H,1-5,10-11,13H2,(H,25,31). The molecule has 2 amide bonds. The zero-order chi connectivity index (χ0) is 22.8. The van der Waals surface area contributed by atoms with Crippen molar-refractivity contribution in [2.24, 2.45) is 5.92 Å². The van der Waals surface area contributed by atoms with Gasteiger partial charge < -0.3 is 25.0 Å². The molecule has 1 aromatic heterocycles. The van der Waals surface area contributed by atoms with Gasteiger partial charge >= 0.3 is 0 Å². The van der Waals surface area contributed by atoms with Gasteiger partial charge in [-0.3, -0.25) is 14.4 Å². The summed E-state index contributed by atoms with van der Waals surface area (Å²) >= 11 is 0. The van der Waals surface area contributed by atoms with Crippen molar-refractivity contribution in [3.8, 4) is 5.75 Å². The number of aliphatic hydroxyl groups excluding tert-OH is 1. The number of nitrogens with zero attached hydrogens (tertiary/aromatic N) is 2. The molecule has 1 atom stereocenters. The molecule has 170 valence electrons. The number of nitrogens with one attached hydrogen (secondary N) is 1. The fourth-order valence-electron chi connectivity index (χ4n) is 4.46. The third-order valence-electron chi connectivity index (χ3n) is 6.23. The number of carbonyl (C=O) groups excluding carboxylic acids is 2. The van der Waals surface area contributed by atoms with Gasteiger partial charge in [-0.15, -0.1) is 0 Å². The molecule has 32 heavy (non-hydrogen) atoms. The molecule has 1 fully saturated rings. The minimum Gasteiger partial charge on any atom is -0.503 e. The van der Waals surface area contributed by atoms with Crippen molar-refractivity contribution < 1.29 is 24.2 Å². The Bertz CT molecular complexity index is 1080. The summed E-state index contributed by atoms with van der Waals surface area (Å²) < 4.78 is 14.3. The number of pyridine rings is 1. The molecule has 2 aliphatic rings. The number of hydrogen-bond acceptors (Lipinski definition) is 5. The Morgan fingerprint density at radius 3 is 2.50 bits per heavy atom. The summed E-state index contributed by atoms with van der Waals surface area (Å²) in [4.78, 5) is 39.5. The first-order valence-corrected chi connectivity index (χ1v) is 10.8. The lowest BCUT2D eigenvalue weighted by Crippen LogP contribution is -2.51. The van der Waals surface area contributed by atoms with Crippen molar-refractivity contribution >= 4 is 11.8 Å². The van der Waals surface area contributed by atoms with Gasteiger partial charge in [-0.1, -0.05) is 31.4 Å². The van der Waals surface area contributed by atoms with E-state index in [1.54, 1.807) is 0 Å². The SMILES string of the molecule is O=C(NCc1ccc(F)cc1)c1cn2c(c(O)c1=O)C(=O)N(CC1CCCCC1)C(O)C2. The number of aromatic hydroxyl groups is 1. The van der Waals surface area contributed by atoms with Crippen LogP contribution in [0, 0.1) is 11.7 Å². The van der Waals surface area contributed by atoms with E-state index in [4.69, 9.17) is 0 Å². The summed E-state index contributed by atoms with van der Waals surface area (Å²) in [6.07, 6.45) is 5.36. The summed E-state index contributed by atoms with van der Waals surface area (Å²) in [5.74, 6) is -2.29. The van der Waals surface area contributed by atoms with Crippen molar-refractivity contribution in [1.82, 2.24) is 14.8 Å². The molecule has 8 nitrogen and oxygen atoms in total. The first-order chi connectivity index (χ1) is 15.3. The predicted molar refractivity (Wildman–Crippen MR) is 114 cm³/mol. The lowest BCUT2D eigenvalue weighted by Gasteiger charge is -2.37. The van der Waals surface area contributed by atoms with Gasteiger partial charge in [-0.05, 0) is 36.5 Å². The maximum absolute atomic E-state index is 13.0. The summed E-state index contributed by atoms with van der Waals surface area (Å²) in [7, 11) is 0. The van der Waals surface area contributed by atoms with Gasteiger partial charge in [0.2, 0.25) is 5.43 Å². The molecule has 1 unspecified atom stereocenters. The van der Waals surface area contributed by atoms with E-state index in [1.165, 1.54) is 39.9 Å². The quantitative estimate of drug-likeness (QED) is 0.654. The second-order valence-electron chi connectivity index (χ2n) is 8.47. The summed E-state index contributed by atoms with van der Waals surface area (Å²) in [6.45, 7) is 0.366. The predicted octanol–water partition coefficient (Wildman–Crippen LogP) is 1.98. The number of benzene rings is 1. The minimum atomic E-state index is -1.12. The highest BCUT2D eigenvalue weighted by atomic mass is 19.1. The van der Waals surface area contributed by atoms with Crippen molar-refractivity contribution in [2.45, 2.75) is 51.4 Å². The van der Waals surface area contributed by atoms with Crippen LogP contribution in [-0.4, -0.2) is 44.3 Å². The monoisotopic (exact) mass is 443 g/mol. The Morgan fingerprint density at radius 1 is 1.12 bits per heavy atom. The van der Waals surface area contributed by atoms with Crippen LogP contribution < -0.4 is 10.7 Å². The maximum Gasteiger partial charge on any atom is 0.276 e. The van der Waals surface area contributed by atoms with Crippen LogP contribution in [0.1, 0.15) is 58.5 Å². The van der Waals surface area contributed by atoms with Crippen LogP contribution in [0.25, 0.3) is 0 Å². The average molecular weight is 443 g/mol. The van der Waals surface area contributed by atoms with Crippen molar-refractivity contribution in [3.05, 3.63) is 63.3 Å². The highest BCUT2D eigenvalue weighted by molar-refractivity contribution is 5.99. The Kier molecular flexibility index (Phi) is 6.27. The largest absolute Gasteiger partial charge is 0.503 e. The van der Waals surface area contributed by atoms with Gasteiger partial charge in [-0.2, -0.15) is 0 Å². The molecule has 3 N–H and O–H groups in total. The Hall–Kier alpha value is -3.20. The molecular formula is C23H26FN3O5. The number of carbonyl (C=O) groups is 2. The third kappa shape index (κ3) is 4.38. The van der Waals surface area contributed by atoms with Crippen molar-refractivity contribution in [2.75, 3.05) is 6.54 Å². The van der Waals surface area contributed by atoms with Crippen LogP contribution in [0.4, 0.5) is 4.39 Å². The van der Waals surface area contributed by atoms with Crippen LogP contribution >= 0.6 is 0 Å². The number of hydrogen-bond donors (Lipinski definition) is 3. The van der Waals surface area contributed by atoms with E-state index in [0.29, 0.717) is 12.1 Å². The van der Waals surface area contributed by atoms with E-state index in [0.717, 1.165) is 32.1 Å². The van der Waals surface area contributed by atoms with Crippen LogP contribution in [-0.2, 0) is 13.1 Å². The second-order valence-corrected chi connectivity index (χ2v) is 8.47. The molecule has 2 aromatic rings. The lowest BCUT2D eigenvalue weighted by molar-refractivity contribution is -0.0206. The van der Waals surface area contributed by atoms with E-state index in [9.17, 15) is 29.0 Å². The molecule has 9 heteroatoms. The van der Waals surface area contributed by atoms with Gasteiger partial charge in [-0.25, -0.2) is 4.39 Å². The van der Waals surface area contributed by atoms with Crippen LogP contribution in [0.15, 0.2) is 35.3 Å². The van der Waals surface area contributed by atoms with Gasteiger partial charge in [0, 0.05) is 19.3 Å². The number of halogens is 1. The first kappa shape index (κ1) is 22.0. The highest BCUT2D eigenvalue weighted by Gasteiger charge is 2.36. The number of aliphatic hydroxyl groups is 1. The molecule has 1 aliphatic heterocycles. The molecule has 0 spiro atoms. The first-order valence-electron chi connectivity index (χ1n) is 10.8. The van der Waals surface area contributed by atoms with E-state index in [1.807, 2.05) is 0 Å². The van der Waals surface area contributed by atoms with Crippen molar-refractivity contribution in [1.29, 1.82) is 0 Å². The second kappa shape index (κ2) is 9.12. The number of fused-ring (bicyclic) bond motifs is 1. The molecule has 2 heterocycles. The van der Waals surface area contributed by atoms with E-state index in [2.05, 4.69) is 5.32 Å². The summed E-state index contributed by atoms with van der Waals surface area (Å²) in [5.41, 5.74) is -0.874. The Balaban J connectivity index is 1.54. The lowest BCUT2D eigenvalue weighted by atomic mass is 9.88. The topological polar surface area (TPSA) is 112 Å². The minimum absolute atomic E-state index is 0.0534. The average Bonchev–Trinajstić information content (AvgIpc) is 2.79. The fourth-order valence-corrected chi connectivity index (χ4v) is 4.46. The third-order valence-corrected chi connectivity index (χ3v) is 6.23. The Labute approximate surface area is 184 Å². The molecule has 1 saturated carbocycles. The van der Waals surface area contributed by atoms with Crippen LogP contribution in [0.3, 0.4) is 0 Å². The van der Waals surface area contributed by atoms with E-state index >= 15 is 0 Å². The zero-order valence-electron chi connectivity index (χ0n) is 17.6. The fraction of sp³-hybridized carbons (Fsp3) is 0.435. The molecular weight excluding hydrogens is 417 g/mol. The van der Waals surface area contributed by atoms with E-state index < -0.39 is 35.0 Å². The van der Waals surface area contributed by atoms with E-state index in [-0.39, 0.29) is 30.3 Å². The zero-order valence-corrected chi connectivity index (χ0v) is 17.6. The maximum atomic E-state index is 13.0. The summed E-state index contributed by atoms with van der Waals surface area (Å²) in [6, 6.07) is 5.52. The molecule has 1 aromatic carbocycles. The van der Waals surface area contributed by atoms with Gasteiger partial charge in [0.25, 0.3) is 11.8 Å². The van der Waals surface area contributed by atoms with Crippen LogP contribution in [0.2, 0.25) is 0 Å².